The van der Waals surface area contributed by atoms with Crippen molar-refractivity contribution in [3.8, 4) is 17.1 Å². The Kier molecular flexibility index (Phi) is 5.73. The van der Waals surface area contributed by atoms with E-state index in [0.717, 1.165) is 5.56 Å². The van der Waals surface area contributed by atoms with Gasteiger partial charge in [0.2, 0.25) is 5.95 Å². The summed E-state index contributed by atoms with van der Waals surface area (Å²) in [7, 11) is 1.56. The van der Waals surface area contributed by atoms with E-state index in [9.17, 15) is 4.79 Å². The summed E-state index contributed by atoms with van der Waals surface area (Å²) in [6.07, 6.45) is 1.69. The lowest BCUT2D eigenvalue weighted by atomic mass is 9.98. The largest absolute Gasteiger partial charge is 0.495 e. The van der Waals surface area contributed by atoms with Gasteiger partial charge in [-0.05, 0) is 43.3 Å². The number of aromatic nitrogens is 4. The molecule has 9 heteroatoms. The van der Waals surface area contributed by atoms with Gasteiger partial charge in [-0.3, -0.25) is 9.78 Å². The second kappa shape index (κ2) is 8.99. The van der Waals surface area contributed by atoms with E-state index in [1.807, 2.05) is 49.4 Å². The number of carbonyl (C=O) groups is 1. The molecule has 0 aliphatic carbocycles. The molecule has 0 radical (unpaired) electrons. The van der Waals surface area contributed by atoms with E-state index < -0.39 is 6.04 Å². The molecule has 2 N–H and O–H groups in total. The number of halogens is 1. The zero-order valence-electron chi connectivity index (χ0n) is 18.5. The summed E-state index contributed by atoms with van der Waals surface area (Å²) in [6.45, 7) is 1.84. The number of nitrogens with one attached hydrogen (secondary N) is 2. The highest BCUT2D eigenvalue weighted by Gasteiger charge is 2.35. The zero-order chi connectivity index (χ0) is 23.7. The van der Waals surface area contributed by atoms with Crippen molar-refractivity contribution < 1.29 is 9.53 Å². The Hall–Kier alpha value is -4.17. The number of pyridine rings is 1. The van der Waals surface area contributed by atoms with Crippen LogP contribution in [0.25, 0.3) is 11.4 Å². The van der Waals surface area contributed by atoms with Crippen LogP contribution in [-0.2, 0) is 4.79 Å². The zero-order valence-corrected chi connectivity index (χ0v) is 19.2. The Labute approximate surface area is 201 Å². The first-order valence-electron chi connectivity index (χ1n) is 10.6. The minimum absolute atomic E-state index is 0.296. The molecule has 0 spiro atoms. The van der Waals surface area contributed by atoms with Crippen LogP contribution in [0.4, 0.5) is 11.6 Å². The molecule has 1 aliphatic heterocycles. The first kappa shape index (κ1) is 21.7. The fourth-order valence-corrected chi connectivity index (χ4v) is 4.13. The molecular weight excluding hydrogens is 452 g/mol. The van der Waals surface area contributed by atoms with Gasteiger partial charge in [-0.25, -0.2) is 4.68 Å². The molecule has 0 saturated heterocycles. The van der Waals surface area contributed by atoms with Crippen LogP contribution in [0, 0.1) is 0 Å². The maximum atomic E-state index is 13.6. The summed E-state index contributed by atoms with van der Waals surface area (Å²) in [4.78, 5) is 22.8. The topological polar surface area (TPSA) is 94.0 Å². The van der Waals surface area contributed by atoms with Gasteiger partial charge >= 0.3 is 0 Å². The van der Waals surface area contributed by atoms with Gasteiger partial charge in [0.05, 0.1) is 24.1 Å². The Morgan fingerprint density at radius 1 is 1.12 bits per heavy atom. The van der Waals surface area contributed by atoms with Crippen molar-refractivity contribution in [3.63, 3.8) is 0 Å². The SMILES string of the molecule is COc1ccccc1NC(=O)C1=C(C)Nc2nc(-c3cccc(Cl)c3)nn2[C@@H]1c1ccccn1. The number of allylic oxidation sites excluding steroid dienone is 1. The minimum Gasteiger partial charge on any atom is -0.495 e. The molecule has 0 saturated carbocycles. The van der Waals surface area contributed by atoms with Crippen molar-refractivity contribution >= 4 is 29.1 Å². The van der Waals surface area contributed by atoms with E-state index >= 15 is 0 Å². The molecule has 4 aromatic rings. The van der Waals surface area contributed by atoms with Gasteiger partial charge in [0, 0.05) is 22.5 Å². The lowest BCUT2D eigenvalue weighted by Gasteiger charge is -2.28. The maximum absolute atomic E-state index is 13.6. The number of amides is 1. The van der Waals surface area contributed by atoms with Gasteiger partial charge in [-0.2, -0.15) is 4.98 Å². The summed E-state index contributed by atoms with van der Waals surface area (Å²) in [5, 5.41) is 11.5. The van der Waals surface area contributed by atoms with Crippen molar-refractivity contribution in [2.24, 2.45) is 0 Å². The summed E-state index contributed by atoms with van der Waals surface area (Å²) in [5.41, 5.74) is 3.13. The lowest BCUT2D eigenvalue weighted by molar-refractivity contribution is -0.113. The smallest absolute Gasteiger partial charge is 0.256 e. The van der Waals surface area contributed by atoms with Crippen LogP contribution >= 0.6 is 11.6 Å². The molecule has 0 fully saturated rings. The molecule has 2 aromatic heterocycles. The highest BCUT2D eigenvalue weighted by molar-refractivity contribution is 6.30. The number of hydrogen-bond donors (Lipinski definition) is 2. The summed E-state index contributed by atoms with van der Waals surface area (Å²) < 4.78 is 7.08. The molecule has 170 valence electrons. The Balaban J connectivity index is 1.59. The molecule has 1 amide bonds. The third-order valence-electron chi connectivity index (χ3n) is 5.50. The average molecular weight is 473 g/mol. The summed E-state index contributed by atoms with van der Waals surface area (Å²) >= 11 is 6.18. The predicted octanol–water partition coefficient (Wildman–Crippen LogP) is 4.93. The van der Waals surface area contributed by atoms with Crippen molar-refractivity contribution in [1.82, 2.24) is 19.7 Å². The fraction of sp³-hybridized carbons (Fsp3) is 0.120. The van der Waals surface area contributed by atoms with Crippen LogP contribution < -0.4 is 15.4 Å². The van der Waals surface area contributed by atoms with E-state index in [-0.39, 0.29) is 5.91 Å². The van der Waals surface area contributed by atoms with Crippen molar-refractivity contribution in [3.05, 3.63) is 94.9 Å². The number of methoxy groups -OCH3 is 1. The molecule has 8 nitrogen and oxygen atoms in total. The number of ether oxygens (including phenoxy) is 1. The van der Waals surface area contributed by atoms with Gasteiger partial charge in [0.15, 0.2) is 5.82 Å². The molecular formula is C25H21ClN6O2. The quantitative estimate of drug-likeness (QED) is 0.427. The number of carbonyl (C=O) groups excluding carboxylic acids is 1. The normalized spacial score (nSPS) is 14.9. The first-order chi connectivity index (χ1) is 16.5. The number of para-hydroxylation sites is 2. The van der Waals surface area contributed by atoms with E-state index in [0.29, 0.717) is 45.2 Å². The van der Waals surface area contributed by atoms with Crippen LogP contribution in [-0.4, -0.2) is 32.8 Å². The van der Waals surface area contributed by atoms with Gasteiger partial charge in [0.1, 0.15) is 11.8 Å². The number of rotatable bonds is 5. The van der Waals surface area contributed by atoms with Gasteiger partial charge < -0.3 is 15.4 Å². The van der Waals surface area contributed by atoms with Crippen molar-refractivity contribution in [2.75, 3.05) is 17.7 Å². The van der Waals surface area contributed by atoms with Gasteiger partial charge in [0.25, 0.3) is 5.91 Å². The van der Waals surface area contributed by atoms with E-state index in [1.54, 1.807) is 42.3 Å². The number of hydrogen-bond acceptors (Lipinski definition) is 6. The number of nitrogens with zero attached hydrogens (tertiary/aromatic N) is 4. The number of fused-ring (bicyclic) bond motifs is 1. The van der Waals surface area contributed by atoms with Gasteiger partial charge in [-0.15, -0.1) is 5.10 Å². The first-order valence-corrected chi connectivity index (χ1v) is 11.0. The highest BCUT2D eigenvalue weighted by atomic mass is 35.5. The van der Waals surface area contributed by atoms with E-state index in [2.05, 4.69) is 20.6 Å². The molecule has 34 heavy (non-hydrogen) atoms. The van der Waals surface area contributed by atoms with Crippen LogP contribution in [0.3, 0.4) is 0 Å². The molecule has 1 aliphatic rings. The van der Waals surface area contributed by atoms with Crippen LogP contribution in [0.1, 0.15) is 18.7 Å². The van der Waals surface area contributed by atoms with Crippen LogP contribution in [0.2, 0.25) is 5.02 Å². The highest BCUT2D eigenvalue weighted by Crippen LogP contribution is 2.36. The summed E-state index contributed by atoms with van der Waals surface area (Å²) in [6, 6.07) is 19.6. The molecule has 0 bridgehead atoms. The standard InChI is InChI=1S/C25H21ClN6O2/c1-15-21(24(33)29-18-10-3-4-12-20(18)34-2)22(19-11-5-6-13-27-19)32-25(28-15)30-23(31-32)16-8-7-9-17(26)14-16/h3-14,22H,1-2H3,(H,29,33)(H,28,30,31)/t22-/m1/s1. The van der Waals surface area contributed by atoms with Crippen molar-refractivity contribution in [2.45, 2.75) is 13.0 Å². The number of benzene rings is 2. The monoisotopic (exact) mass is 472 g/mol. The lowest BCUT2D eigenvalue weighted by Crippen LogP contribution is -2.32. The second-order valence-electron chi connectivity index (χ2n) is 7.69. The Morgan fingerprint density at radius 3 is 2.71 bits per heavy atom. The third kappa shape index (κ3) is 3.99. The van der Waals surface area contributed by atoms with Crippen LogP contribution in [0.5, 0.6) is 5.75 Å². The molecule has 3 heterocycles. The molecule has 2 aromatic carbocycles. The molecule has 5 rings (SSSR count). The Morgan fingerprint density at radius 2 is 1.94 bits per heavy atom. The predicted molar refractivity (Wildman–Crippen MR) is 131 cm³/mol. The van der Waals surface area contributed by atoms with Crippen molar-refractivity contribution in [1.29, 1.82) is 0 Å². The second-order valence-corrected chi connectivity index (χ2v) is 8.13. The third-order valence-corrected chi connectivity index (χ3v) is 5.74. The summed E-state index contributed by atoms with van der Waals surface area (Å²) in [5.74, 6) is 1.27. The molecule has 1 atom stereocenters. The van der Waals surface area contributed by atoms with Gasteiger partial charge in [-0.1, -0.05) is 41.9 Å². The van der Waals surface area contributed by atoms with Crippen LogP contribution in [0.15, 0.2) is 84.2 Å². The Bertz CT molecular complexity index is 1400. The average Bonchev–Trinajstić information content (AvgIpc) is 3.27. The van der Waals surface area contributed by atoms with E-state index in [4.69, 9.17) is 21.4 Å². The number of anilines is 2. The van der Waals surface area contributed by atoms with E-state index in [1.165, 1.54) is 0 Å². The maximum Gasteiger partial charge on any atom is 0.256 e. The molecule has 0 unspecified atom stereocenters. The minimum atomic E-state index is -0.590. The fourth-order valence-electron chi connectivity index (χ4n) is 3.94.